The summed E-state index contributed by atoms with van der Waals surface area (Å²) >= 11 is 1.47. The highest BCUT2D eigenvalue weighted by molar-refractivity contribution is 7.05. The lowest BCUT2D eigenvalue weighted by Crippen LogP contribution is -2.23. The fourth-order valence-electron chi connectivity index (χ4n) is 2.22. The molecule has 1 atom stereocenters. The van der Waals surface area contributed by atoms with E-state index in [1.807, 2.05) is 18.2 Å². The summed E-state index contributed by atoms with van der Waals surface area (Å²) in [6.07, 6.45) is 1.98. The lowest BCUT2D eigenvalue weighted by Gasteiger charge is -2.20. The third kappa shape index (κ3) is 3.16. The van der Waals surface area contributed by atoms with Gasteiger partial charge in [0, 0.05) is 5.56 Å². The molecule has 0 amide bonds. The Morgan fingerprint density at radius 1 is 1.30 bits per heavy atom. The number of nitrogens with zero attached hydrogens (tertiary/aromatic N) is 2. The van der Waals surface area contributed by atoms with E-state index in [0.29, 0.717) is 0 Å². The number of benzene rings is 1. The van der Waals surface area contributed by atoms with Gasteiger partial charge in [0.2, 0.25) is 0 Å². The monoisotopic (exact) mass is 291 g/mol. The summed E-state index contributed by atoms with van der Waals surface area (Å²) in [5.74, 6) is 0.900. The van der Waals surface area contributed by atoms with Gasteiger partial charge >= 0.3 is 0 Å². The molecule has 0 saturated carbocycles. The maximum absolute atomic E-state index is 5.50. The first-order valence-corrected chi connectivity index (χ1v) is 7.76. The minimum atomic E-state index is 0.0982. The Morgan fingerprint density at radius 2 is 2.10 bits per heavy atom. The van der Waals surface area contributed by atoms with Gasteiger partial charge in [0.25, 0.3) is 0 Å². The van der Waals surface area contributed by atoms with Crippen molar-refractivity contribution in [2.24, 2.45) is 0 Å². The van der Waals surface area contributed by atoms with E-state index in [9.17, 15) is 0 Å². The molecule has 0 radical (unpaired) electrons. The molecule has 1 N–H and O–H groups in total. The number of ether oxygens (including phenoxy) is 1. The Balaban J connectivity index is 2.41. The van der Waals surface area contributed by atoms with Crippen LogP contribution >= 0.6 is 11.5 Å². The summed E-state index contributed by atoms with van der Waals surface area (Å²) in [4.78, 5) is 1.19. The van der Waals surface area contributed by atoms with Crippen LogP contribution in [0.4, 0.5) is 0 Å². The Bertz CT molecular complexity index is 541. The SMILES string of the molecule is CCCNC(c1ccccc1OC)c1snnc1CC. The second-order valence-corrected chi connectivity index (χ2v) is 5.35. The van der Waals surface area contributed by atoms with Gasteiger partial charge in [-0.05, 0) is 37.0 Å². The summed E-state index contributed by atoms with van der Waals surface area (Å²) in [5, 5.41) is 7.82. The molecule has 20 heavy (non-hydrogen) atoms. The molecular formula is C15H21N3OS. The quantitative estimate of drug-likeness (QED) is 0.851. The van der Waals surface area contributed by atoms with Crippen molar-refractivity contribution in [3.63, 3.8) is 0 Å². The summed E-state index contributed by atoms with van der Waals surface area (Å²) in [7, 11) is 1.71. The van der Waals surface area contributed by atoms with Crippen molar-refractivity contribution in [2.45, 2.75) is 32.7 Å². The summed E-state index contributed by atoms with van der Waals surface area (Å²) in [5.41, 5.74) is 2.21. The Labute approximate surface area is 124 Å². The molecule has 0 aliphatic heterocycles. The number of para-hydroxylation sites is 1. The molecule has 1 unspecified atom stereocenters. The second-order valence-electron chi connectivity index (χ2n) is 4.57. The van der Waals surface area contributed by atoms with E-state index in [-0.39, 0.29) is 6.04 Å². The van der Waals surface area contributed by atoms with Gasteiger partial charge in [0.1, 0.15) is 5.75 Å². The van der Waals surface area contributed by atoms with Crippen LogP contribution < -0.4 is 10.1 Å². The molecule has 1 heterocycles. The maximum atomic E-state index is 5.50. The average molecular weight is 291 g/mol. The van der Waals surface area contributed by atoms with Gasteiger partial charge in [0.15, 0.2) is 0 Å². The zero-order valence-electron chi connectivity index (χ0n) is 12.2. The van der Waals surface area contributed by atoms with Crippen LogP contribution in [0.5, 0.6) is 5.75 Å². The first kappa shape index (κ1) is 14.9. The van der Waals surface area contributed by atoms with Gasteiger partial charge in [-0.3, -0.25) is 0 Å². The highest BCUT2D eigenvalue weighted by Crippen LogP contribution is 2.33. The molecule has 1 aromatic carbocycles. The molecule has 0 bridgehead atoms. The van der Waals surface area contributed by atoms with Crippen LogP contribution in [-0.4, -0.2) is 23.2 Å². The lowest BCUT2D eigenvalue weighted by atomic mass is 10.0. The smallest absolute Gasteiger partial charge is 0.124 e. The van der Waals surface area contributed by atoms with Crippen LogP contribution in [0.15, 0.2) is 24.3 Å². The van der Waals surface area contributed by atoms with Crippen LogP contribution in [0.25, 0.3) is 0 Å². The van der Waals surface area contributed by atoms with Crippen LogP contribution in [0, 0.1) is 0 Å². The molecule has 0 spiro atoms. The normalized spacial score (nSPS) is 12.3. The van der Waals surface area contributed by atoms with Crippen molar-refractivity contribution in [1.29, 1.82) is 0 Å². The van der Waals surface area contributed by atoms with E-state index >= 15 is 0 Å². The minimum Gasteiger partial charge on any atom is -0.496 e. The molecule has 0 fully saturated rings. The highest BCUT2D eigenvalue weighted by Gasteiger charge is 2.22. The second kappa shape index (κ2) is 7.36. The Kier molecular flexibility index (Phi) is 5.49. The van der Waals surface area contributed by atoms with Gasteiger partial charge in [-0.1, -0.05) is 36.5 Å². The Hall–Kier alpha value is -1.46. The summed E-state index contributed by atoms with van der Waals surface area (Å²) in [6.45, 7) is 5.22. The fourth-order valence-corrected chi connectivity index (χ4v) is 3.05. The zero-order chi connectivity index (χ0) is 14.4. The van der Waals surface area contributed by atoms with Crippen molar-refractivity contribution in [3.8, 4) is 5.75 Å². The van der Waals surface area contributed by atoms with Crippen molar-refractivity contribution in [3.05, 3.63) is 40.4 Å². The molecule has 5 heteroatoms. The number of nitrogens with one attached hydrogen (secondary N) is 1. The third-order valence-electron chi connectivity index (χ3n) is 3.23. The molecule has 1 aromatic heterocycles. The van der Waals surface area contributed by atoms with E-state index in [1.54, 1.807) is 7.11 Å². The summed E-state index contributed by atoms with van der Waals surface area (Å²) in [6, 6.07) is 8.23. The molecule has 0 aliphatic carbocycles. The van der Waals surface area contributed by atoms with E-state index in [1.165, 1.54) is 16.4 Å². The molecule has 108 valence electrons. The van der Waals surface area contributed by atoms with Crippen molar-refractivity contribution >= 4 is 11.5 Å². The minimum absolute atomic E-state index is 0.0982. The van der Waals surface area contributed by atoms with Gasteiger partial charge in [-0.25, -0.2) is 0 Å². The molecule has 0 saturated heterocycles. The average Bonchev–Trinajstić information content (AvgIpc) is 2.96. The van der Waals surface area contributed by atoms with Crippen molar-refractivity contribution in [2.75, 3.05) is 13.7 Å². The van der Waals surface area contributed by atoms with E-state index in [4.69, 9.17) is 4.74 Å². The molecule has 0 aliphatic rings. The van der Waals surface area contributed by atoms with Gasteiger partial charge in [-0.15, -0.1) is 5.10 Å². The number of hydrogen-bond acceptors (Lipinski definition) is 5. The van der Waals surface area contributed by atoms with Crippen LogP contribution in [0.3, 0.4) is 0 Å². The lowest BCUT2D eigenvalue weighted by molar-refractivity contribution is 0.404. The number of aromatic nitrogens is 2. The third-order valence-corrected chi connectivity index (χ3v) is 4.06. The number of rotatable bonds is 7. The number of hydrogen-bond donors (Lipinski definition) is 1. The predicted molar refractivity (Wildman–Crippen MR) is 82.4 cm³/mol. The van der Waals surface area contributed by atoms with Gasteiger partial charge in [-0.2, -0.15) is 0 Å². The maximum Gasteiger partial charge on any atom is 0.124 e. The molecule has 2 rings (SSSR count). The highest BCUT2D eigenvalue weighted by atomic mass is 32.1. The van der Waals surface area contributed by atoms with E-state index in [0.717, 1.165) is 36.4 Å². The molecule has 2 aromatic rings. The van der Waals surface area contributed by atoms with Crippen LogP contribution in [0.2, 0.25) is 0 Å². The number of methoxy groups -OCH3 is 1. The van der Waals surface area contributed by atoms with Crippen molar-refractivity contribution in [1.82, 2.24) is 14.9 Å². The molecule has 4 nitrogen and oxygen atoms in total. The largest absolute Gasteiger partial charge is 0.496 e. The van der Waals surface area contributed by atoms with E-state index in [2.05, 4.69) is 34.8 Å². The van der Waals surface area contributed by atoms with Crippen LogP contribution in [-0.2, 0) is 6.42 Å². The Morgan fingerprint density at radius 3 is 2.80 bits per heavy atom. The first-order valence-electron chi connectivity index (χ1n) is 6.99. The standard InChI is InChI=1S/C15H21N3OS/c1-4-10-16-14(15-12(5-2)17-18-20-15)11-8-6-7-9-13(11)19-3/h6-9,14,16H,4-5,10H2,1-3H3. The van der Waals surface area contributed by atoms with Crippen molar-refractivity contribution < 1.29 is 4.74 Å². The predicted octanol–water partition coefficient (Wildman–Crippen LogP) is 3.20. The summed E-state index contributed by atoms with van der Waals surface area (Å²) < 4.78 is 9.62. The first-order chi connectivity index (χ1) is 9.81. The van der Waals surface area contributed by atoms with Crippen LogP contribution in [0.1, 0.15) is 42.4 Å². The number of aryl methyl sites for hydroxylation is 1. The topological polar surface area (TPSA) is 47.0 Å². The zero-order valence-corrected chi connectivity index (χ0v) is 13.0. The fraction of sp³-hybridized carbons (Fsp3) is 0.467. The van der Waals surface area contributed by atoms with Gasteiger partial charge in [0.05, 0.1) is 23.7 Å². The molecular weight excluding hydrogens is 270 g/mol. The van der Waals surface area contributed by atoms with Gasteiger partial charge < -0.3 is 10.1 Å². The van der Waals surface area contributed by atoms with E-state index < -0.39 is 0 Å².